The predicted octanol–water partition coefficient (Wildman–Crippen LogP) is 2.38. The molecule has 22 heavy (non-hydrogen) atoms. The molecular formula is C17H15N5. The highest BCUT2D eigenvalue weighted by Gasteiger charge is 2.07. The molecule has 5 heteroatoms. The van der Waals surface area contributed by atoms with Gasteiger partial charge in [-0.25, -0.2) is 4.68 Å². The van der Waals surface area contributed by atoms with Gasteiger partial charge in [-0.05, 0) is 40.1 Å². The van der Waals surface area contributed by atoms with Gasteiger partial charge in [-0.1, -0.05) is 42.5 Å². The van der Waals surface area contributed by atoms with Crippen LogP contribution in [0.25, 0.3) is 0 Å². The highest BCUT2D eigenvalue weighted by molar-refractivity contribution is 5.31. The third kappa shape index (κ3) is 3.36. The van der Waals surface area contributed by atoms with Crippen molar-refractivity contribution < 1.29 is 0 Å². The number of aromatic nitrogens is 4. The second-order valence-corrected chi connectivity index (χ2v) is 5.05. The SMILES string of the molecule is N#Cc1ccc(Cn2nnnc2CCc2ccccc2)cc1. The zero-order valence-electron chi connectivity index (χ0n) is 12.1. The van der Waals surface area contributed by atoms with Crippen LogP contribution in [0.5, 0.6) is 0 Å². The highest BCUT2D eigenvalue weighted by Crippen LogP contribution is 2.08. The van der Waals surface area contributed by atoms with Crippen LogP contribution < -0.4 is 0 Å². The van der Waals surface area contributed by atoms with Gasteiger partial charge in [0.05, 0.1) is 18.2 Å². The number of hydrogen-bond donors (Lipinski definition) is 0. The molecule has 0 aliphatic heterocycles. The van der Waals surface area contributed by atoms with E-state index in [1.54, 1.807) is 0 Å². The first-order chi connectivity index (χ1) is 10.8. The van der Waals surface area contributed by atoms with Gasteiger partial charge in [-0.15, -0.1) is 5.10 Å². The lowest BCUT2D eigenvalue weighted by atomic mass is 10.1. The van der Waals surface area contributed by atoms with Gasteiger partial charge >= 0.3 is 0 Å². The molecule has 0 aliphatic rings. The second-order valence-electron chi connectivity index (χ2n) is 5.05. The zero-order chi connectivity index (χ0) is 15.2. The van der Waals surface area contributed by atoms with Gasteiger partial charge in [0.15, 0.2) is 5.82 Å². The van der Waals surface area contributed by atoms with E-state index < -0.39 is 0 Å². The molecule has 0 bridgehead atoms. The van der Waals surface area contributed by atoms with Gasteiger partial charge in [0.1, 0.15) is 0 Å². The first-order valence-corrected chi connectivity index (χ1v) is 7.13. The van der Waals surface area contributed by atoms with Crippen molar-refractivity contribution >= 4 is 0 Å². The summed E-state index contributed by atoms with van der Waals surface area (Å²) in [6, 6.07) is 19.9. The van der Waals surface area contributed by atoms with Crippen molar-refractivity contribution in [3.8, 4) is 6.07 Å². The Bertz CT molecular complexity index is 769. The van der Waals surface area contributed by atoms with Crippen LogP contribution in [-0.4, -0.2) is 20.2 Å². The number of tetrazole rings is 1. The van der Waals surface area contributed by atoms with Crippen molar-refractivity contribution in [1.82, 2.24) is 20.2 Å². The van der Waals surface area contributed by atoms with Crippen LogP contribution in [0.4, 0.5) is 0 Å². The maximum absolute atomic E-state index is 8.82. The van der Waals surface area contributed by atoms with Crippen molar-refractivity contribution in [3.05, 3.63) is 77.1 Å². The lowest BCUT2D eigenvalue weighted by molar-refractivity contribution is 0.615. The molecule has 0 spiro atoms. The Hall–Kier alpha value is -3.00. The maximum atomic E-state index is 8.82. The van der Waals surface area contributed by atoms with E-state index >= 15 is 0 Å². The quantitative estimate of drug-likeness (QED) is 0.723. The largest absolute Gasteiger partial charge is 0.225 e. The normalized spacial score (nSPS) is 10.3. The number of nitriles is 1. The van der Waals surface area contributed by atoms with E-state index in [9.17, 15) is 0 Å². The Labute approximate surface area is 128 Å². The van der Waals surface area contributed by atoms with Crippen LogP contribution in [0.1, 0.15) is 22.5 Å². The molecular weight excluding hydrogens is 274 g/mol. The van der Waals surface area contributed by atoms with Crippen LogP contribution in [0, 0.1) is 11.3 Å². The zero-order valence-corrected chi connectivity index (χ0v) is 12.1. The van der Waals surface area contributed by atoms with Crippen LogP contribution in [0.2, 0.25) is 0 Å². The van der Waals surface area contributed by atoms with Crippen LogP contribution in [0.3, 0.4) is 0 Å². The molecule has 0 fully saturated rings. The first-order valence-electron chi connectivity index (χ1n) is 7.13. The average Bonchev–Trinajstić information content (AvgIpc) is 3.02. The van der Waals surface area contributed by atoms with Crippen LogP contribution in [0.15, 0.2) is 54.6 Å². The minimum Gasteiger partial charge on any atom is -0.225 e. The summed E-state index contributed by atoms with van der Waals surface area (Å²) in [6.45, 7) is 0.614. The number of rotatable bonds is 5. The van der Waals surface area contributed by atoms with E-state index in [-0.39, 0.29) is 0 Å². The van der Waals surface area contributed by atoms with Crippen molar-refractivity contribution in [2.45, 2.75) is 19.4 Å². The van der Waals surface area contributed by atoms with E-state index in [2.05, 4.69) is 33.7 Å². The molecule has 2 aromatic carbocycles. The first kappa shape index (κ1) is 14.0. The van der Waals surface area contributed by atoms with Gasteiger partial charge in [-0.2, -0.15) is 5.26 Å². The molecule has 1 heterocycles. The number of nitrogens with zero attached hydrogens (tertiary/aromatic N) is 5. The third-order valence-electron chi connectivity index (χ3n) is 3.50. The molecule has 108 valence electrons. The lowest BCUT2D eigenvalue weighted by Gasteiger charge is -2.05. The summed E-state index contributed by atoms with van der Waals surface area (Å²) in [6.07, 6.45) is 1.71. The molecule has 3 aromatic rings. The summed E-state index contributed by atoms with van der Waals surface area (Å²) in [7, 11) is 0. The van der Waals surface area contributed by atoms with E-state index in [1.807, 2.05) is 47.1 Å². The highest BCUT2D eigenvalue weighted by atomic mass is 15.5. The molecule has 0 unspecified atom stereocenters. The summed E-state index contributed by atoms with van der Waals surface area (Å²) in [5.41, 5.74) is 3.01. The van der Waals surface area contributed by atoms with Crippen molar-refractivity contribution in [1.29, 1.82) is 5.26 Å². The van der Waals surface area contributed by atoms with Crippen molar-refractivity contribution in [2.75, 3.05) is 0 Å². The van der Waals surface area contributed by atoms with Gasteiger partial charge in [-0.3, -0.25) is 0 Å². The predicted molar refractivity (Wildman–Crippen MR) is 81.9 cm³/mol. The fourth-order valence-electron chi connectivity index (χ4n) is 2.28. The smallest absolute Gasteiger partial charge is 0.151 e. The molecule has 0 atom stereocenters. The van der Waals surface area contributed by atoms with Crippen LogP contribution >= 0.6 is 0 Å². The molecule has 3 rings (SSSR count). The maximum Gasteiger partial charge on any atom is 0.151 e. The Morgan fingerprint density at radius 3 is 2.41 bits per heavy atom. The molecule has 5 nitrogen and oxygen atoms in total. The lowest BCUT2D eigenvalue weighted by Crippen LogP contribution is -2.08. The standard InChI is InChI=1S/C17H15N5/c18-12-15-6-8-16(9-7-15)13-22-17(19-20-21-22)11-10-14-4-2-1-3-5-14/h1-9H,10-11,13H2. The second kappa shape index (κ2) is 6.64. The molecule has 0 amide bonds. The number of hydrogen-bond acceptors (Lipinski definition) is 4. The summed E-state index contributed by atoms with van der Waals surface area (Å²) in [5, 5.41) is 20.8. The summed E-state index contributed by atoms with van der Waals surface area (Å²) < 4.78 is 1.81. The number of aryl methyl sites for hydroxylation is 2. The Morgan fingerprint density at radius 2 is 1.68 bits per heavy atom. The molecule has 0 radical (unpaired) electrons. The Morgan fingerprint density at radius 1 is 0.909 bits per heavy atom. The van der Waals surface area contributed by atoms with E-state index in [4.69, 9.17) is 5.26 Å². The summed E-state index contributed by atoms with van der Waals surface area (Å²) in [5.74, 6) is 0.869. The van der Waals surface area contributed by atoms with Crippen molar-refractivity contribution in [2.24, 2.45) is 0 Å². The topological polar surface area (TPSA) is 67.4 Å². The fraction of sp³-hybridized carbons (Fsp3) is 0.176. The summed E-state index contributed by atoms with van der Waals surface area (Å²) >= 11 is 0. The van der Waals surface area contributed by atoms with E-state index in [0.29, 0.717) is 12.1 Å². The molecule has 0 saturated heterocycles. The minimum absolute atomic E-state index is 0.614. The van der Waals surface area contributed by atoms with Gasteiger partial charge in [0.2, 0.25) is 0 Å². The van der Waals surface area contributed by atoms with Gasteiger partial charge < -0.3 is 0 Å². The van der Waals surface area contributed by atoms with Gasteiger partial charge in [0, 0.05) is 6.42 Å². The fourth-order valence-corrected chi connectivity index (χ4v) is 2.28. The monoisotopic (exact) mass is 289 g/mol. The molecule has 0 N–H and O–H groups in total. The average molecular weight is 289 g/mol. The molecule has 0 saturated carbocycles. The van der Waals surface area contributed by atoms with Crippen molar-refractivity contribution in [3.63, 3.8) is 0 Å². The van der Waals surface area contributed by atoms with E-state index in [1.165, 1.54) is 5.56 Å². The Kier molecular flexibility index (Phi) is 4.21. The van der Waals surface area contributed by atoms with Crippen LogP contribution in [-0.2, 0) is 19.4 Å². The van der Waals surface area contributed by atoms with E-state index in [0.717, 1.165) is 24.2 Å². The third-order valence-corrected chi connectivity index (χ3v) is 3.50. The number of benzene rings is 2. The minimum atomic E-state index is 0.614. The van der Waals surface area contributed by atoms with Gasteiger partial charge in [0.25, 0.3) is 0 Å². The molecule has 1 aromatic heterocycles. The Balaban J connectivity index is 1.68. The summed E-state index contributed by atoms with van der Waals surface area (Å²) in [4.78, 5) is 0. The molecule has 0 aliphatic carbocycles.